The van der Waals surface area contributed by atoms with E-state index >= 15 is 0 Å². The number of carbonyl (C=O) groups is 3. The van der Waals surface area contributed by atoms with Gasteiger partial charge in [-0.3, -0.25) is 14.4 Å². The van der Waals surface area contributed by atoms with Gasteiger partial charge in [0, 0.05) is 15.6 Å². The van der Waals surface area contributed by atoms with E-state index in [0.29, 0.717) is 33.8 Å². The van der Waals surface area contributed by atoms with Crippen molar-refractivity contribution in [1.82, 2.24) is 0 Å². The molecule has 0 saturated carbocycles. The first-order valence-corrected chi connectivity index (χ1v) is 12.6. The van der Waals surface area contributed by atoms with Crippen LogP contribution in [0.2, 0.25) is 0 Å². The highest BCUT2D eigenvalue weighted by Crippen LogP contribution is 2.44. The lowest BCUT2D eigenvalue weighted by Crippen LogP contribution is -2.43. The van der Waals surface area contributed by atoms with E-state index in [1.807, 2.05) is 0 Å². The lowest BCUT2D eigenvalue weighted by Gasteiger charge is -2.36. The third-order valence-corrected chi connectivity index (χ3v) is 7.12. The first-order valence-electron chi connectivity index (χ1n) is 11.8. The standard InChI is InChI=1S/C31H23BrO5/c1-36-23-17-13-21(14-18-23)31-27(30(35)24-9-5-6-10-25(24)37-31)26(28(33)19-7-3-2-4-8-19)29(34)20-11-15-22(32)16-12-20/h2-18,26-27,31H,1H3. The molecule has 5 rings (SSSR count). The second-order valence-electron chi connectivity index (χ2n) is 8.78. The van der Waals surface area contributed by atoms with E-state index in [-0.39, 0.29) is 5.78 Å². The van der Waals surface area contributed by atoms with Crippen LogP contribution in [-0.4, -0.2) is 24.5 Å². The average molecular weight is 555 g/mol. The summed E-state index contributed by atoms with van der Waals surface area (Å²) in [6.45, 7) is 0. The Morgan fingerprint density at radius 1 is 0.784 bits per heavy atom. The molecule has 0 aliphatic carbocycles. The molecule has 0 aromatic heterocycles. The lowest BCUT2D eigenvalue weighted by atomic mass is 9.71. The van der Waals surface area contributed by atoms with Gasteiger partial charge in [-0.25, -0.2) is 0 Å². The van der Waals surface area contributed by atoms with E-state index in [9.17, 15) is 14.4 Å². The molecular formula is C31H23BrO5. The Morgan fingerprint density at radius 3 is 2.03 bits per heavy atom. The number of Topliss-reactive ketones (excluding diaryl/α,β-unsaturated/α-hetero) is 3. The summed E-state index contributed by atoms with van der Waals surface area (Å²) in [4.78, 5) is 42.1. The number of benzene rings is 4. The molecule has 0 spiro atoms. The van der Waals surface area contributed by atoms with Crippen molar-refractivity contribution in [3.63, 3.8) is 0 Å². The van der Waals surface area contributed by atoms with Crippen molar-refractivity contribution in [3.8, 4) is 11.5 Å². The molecule has 1 aliphatic heterocycles. The molecule has 3 atom stereocenters. The van der Waals surface area contributed by atoms with Crippen LogP contribution in [0.25, 0.3) is 0 Å². The summed E-state index contributed by atoms with van der Waals surface area (Å²) >= 11 is 3.39. The van der Waals surface area contributed by atoms with Gasteiger partial charge in [-0.15, -0.1) is 0 Å². The maximum Gasteiger partial charge on any atom is 0.174 e. The first kappa shape index (κ1) is 24.7. The van der Waals surface area contributed by atoms with Gasteiger partial charge in [-0.1, -0.05) is 82.7 Å². The first-order chi connectivity index (χ1) is 18.0. The van der Waals surface area contributed by atoms with Gasteiger partial charge < -0.3 is 9.47 Å². The van der Waals surface area contributed by atoms with Crippen molar-refractivity contribution in [2.45, 2.75) is 6.10 Å². The summed E-state index contributed by atoms with van der Waals surface area (Å²) in [7, 11) is 1.57. The van der Waals surface area contributed by atoms with Crippen LogP contribution in [0.3, 0.4) is 0 Å². The van der Waals surface area contributed by atoms with Crippen molar-refractivity contribution >= 4 is 33.3 Å². The molecule has 184 valence electrons. The maximum atomic E-state index is 14.1. The lowest BCUT2D eigenvalue weighted by molar-refractivity contribution is 0.0428. The SMILES string of the molecule is COc1ccc(C2Oc3ccccc3C(=O)C2C(C(=O)c2ccccc2)C(=O)c2ccc(Br)cc2)cc1. The van der Waals surface area contributed by atoms with Crippen molar-refractivity contribution in [3.05, 3.63) is 130 Å². The van der Waals surface area contributed by atoms with Gasteiger partial charge in [0.25, 0.3) is 0 Å². The predicted molar refractivity (Wildman–Crippen MR) is 143 cm³/mol. The summed E-state index contributed by atoms with van der Waals surface area (Å²) in [5, 5.41) is 0. The number of ketones is 3. The van der Waals surface area contributed by atoms with Crippen LogP contribution in [0.1, 0.15) is 42.7 Å². The highest BCUT2D eigenvalue weighted by atomic mass is 79.9. The second kappa shape index (κ2) is 10.5. The summed E-state index contributed by atoms with van der Waals surface area (Å²) in [5.74, 6) is -2.46. The maximum absolute atomic E-state index is 14.1. The van der Waals surface area contributed by atoms with E-state index in [0.717, 1.165) is 4.47 Å². The molecule has 1 heterocycles. The quantitative estimate of drug-likeness (QED) is 0.186. The predicted octanol–water partition coefficient (Wildman–Crippen LogP) is 6.77. The summed E-state index contributed by atoms with van der Waals surface area (Å²) in [6, 6.07) is 29.5. The summed E-state index contributed by atoms with van der Waals surface area (Å²) in [6.07, 6.45) is -0.856. The van der Waals surface area contributed by atoms with E-state index in [4.69, 9.17) is 9.47 Å². The van der Waals surface area contributed by atoms with E-state index in [1.165, 1.54) is 0 Å². The topological polar surface area (TPSA) is 69.7 Å². The Morgan fingerprint density at radius 2 is 1.38 bits per heavy atom. The minimum Gasteiger partial charge on any atom is -0.497 e. The minimum atomic E-state index is -1.29. The molecule has 3 unspecified atom stereocenters. The van der Waals surface area contributed by atoms with E-state index in [1.54, 1.807) is 110 Å². The molecule has 0 N–H and O–H groups in total. The monoisotopic (exact) mass is 554 g/mol. The van der Waals surface area contributed by atoms with Gasteiger partial charge in [0.1, 0.15) is 17.6 Å². The fourth-order valence-electron chi connectivity index (χ4n) is 4.72. The highest BCUT2D eigenvalue weighted by Gasteiger charge is 2.49. The Balaban J connectivity index is 1.68. The van der Waals surface area contributed by atoms with Crippen LogP contribution >= 0.6 is 15.9 Å². The van der Waals surface area contributed by atoms with Gasteiger partial charge in [0.15, 0.2) is 17.3 Å². The number of para-hydroxylation sites is 1. The van der Waals surface area contributed by atoms with Gasteiger partial charge in [0.2, 0.25) is 0 Å². The Labute approximate surface area is 223 Å². The molecule has 4 aromatic rings. The number of fused-ring (bicyclic) bond motifs is 1. The number of carbonyl (C=O) groups excluding carboxylic acids is 3. The molecule has 4 aromatic carbocycles. The molecule has 1 aliphatic rings. The number of methoxy groups -OCH3 is 1. The van der Waals surface area contributed by atoms with Gasteiger partial charge in [-0.2, -0.15) is 0 Å². The Bertz CT molecular complexity index is 1450. The molecule has 5 nitrogen and oxygen atoms in total. The summed E-state index contributed by atoms with van der Waals surface area (Å²) in [5.41, 5.74) is 1.73. The number of halogens is 1. The minimum absolute atomic E-state index is 0.303. The van der Waals surface area contributed by atoms with E-state index < -0.39 is 29.5 Å². The Hall–Kier alpha value is -4.03. The zero-order valence-electron chi connectivity index (χ0n) is 20.0. The van der Waals surface area contributed by atoms with Crippen molar-refractivity contribution in [2.24, 2.45) is 11.8 Å². The normalized spacial score (nSPS) is 17.3. The fraction of sp³-hybridized carbons (Fsp3) is 0.129. The van der Waals surface area contributed by atoms with Crippen LogP contribution in [0.15, 0.2) is 108 Å². The molecule has 6 heteroatoms. The number of hydrogen-bond donors (Lipinski definition) is 0. The second-order valence-corrected chi connectivity index (χ2v) is 9.69. The van der Waals surface area contributed by atoms with Crippen LogP contribution in [0.5, 0.6) is 11.5 Å². The summed E-state index contributed by atoms with van der Waals surface area (Å²) < 4.78 is 12.5. The average Bonchev–Trinajstić information content (AvgIpc) is 2.95. The molecule has 37 heavy (non-hydrogen) atoms. The molecule has 0 saturated heterocycles. The number of rotatable bonds is 7. The van der Waals surface area contributed by atoms with Crippen LogP contribution < -0.4 is 9.47 Å². The fourth-order valence-corrected chi connectivity index (χ4v) is 4.98. The highest BCUT2D eigenvalue weighted by molar-refractivity contribution is 9.10. The molecule has 0 radical (unpaired) electrons. The zero-order valence-corrected chi connectivity index (χ0v) is 21.6. The van der Waals surface area contributed by atoms with Gasteiger partial charge in [-0.05, 0) is 42.0 Å². The zero-order chi connectivity index (χ0) is 25.9. The largest absolute Gasteiger partial charge is 0.497 e. The van der Waals surface area contributed by atoms with Crippen molar-refractivity contribution in [1.29, 1.82) is 0 Å². The number of ether oxygens (including phenoxy) is 2. The molecule has 0 bridgehead atoms. The van der Waals surface area contributed by atoms with Crippen molar-refractivity contribution in [2.75, 3.05) is 7.11 Å². The number of hydrogen-bond acceptors (Lipinski definition) is 5. The van der Waals surface area contributed by atoms with Crippen LogP contribution in [0.4, 0.5) is 0 Å². The van der Waals surface area contributed by atoms with E-state index in [2.05, 4.69) is 15.9 Å². The smallest absolute Gasteiger partial charge is 0.174 e. The van der Waals surface area contributed by atoms with Crippen LogP contribution in [-0.2, 0) is 0 Å². The molecule has 0 amide bonds. The Kier molecular flexibility index (Phi) is 7.01. The van der Waals surface area contributed by atoms with Crippen LogP contribution in [0, 0.1) is 11.8 Å². The third-order valence-electron chi connectivity index (χ3n) is 6.59. The van der Waals surface area contributed by atoms with Crippen molar-refractivity contribution < 1.29 is 23.9 Å². The van der Waals surface area contributed by atoms with Gasteiger partial charge in [0.05, 0.1) is 24.5 Å². The molecular weight excluding hydrogens is 532 g/mol. The third kappa shape index (κ3) is 4.85. The molecule has 0 fully saturated rings. The van der Waals surface area contributed by atoms with Gasteiger partial charge >= 0.3 is 0 Å².